The number of H-pyrrole nitrogens is 1. The van der Waals surface area contributed by atoms with E-state index < -0.39 is 17.6 Å². The SMILES string of the molecule is Cc1ncc(F)c(C)c1NC(=O)/C(F)=C/c1ccc2c(C)[nH]nc2c1. The van der Waals surface area contributed by atoms with Crippen LogP contribution in [-0.4, -0.2) is 21.1 Å². The van der Waals surface area contributed by atoms with Crippen LogP contribution in [-0.2, 0) is 4.79 Å². The van der Waals surface area contributed by atoms with E-state index in [1.54, 1.807) is 25.1 Å². The minimum absolute atomic E-state index is 0.173. The molecule has 3 aromatic rings. The molecule has 0 saturated carbocycles. The van der Waals surface area contributed by atoms with E-state index in [2.05, 4.69) is 20.5 Å². The number of fused-ring (bicyclic) bond motifs is 1. The highest BCUT2D eigenvalue weighted by Gasteiger charge is 2.15. The molecule has 0 bridgehead atoms. The Morgan fingerprint density at radius 3 is 2.80 bits per heavy atom. The molecular formula is C18H16F2N4O. The summed E-state index contributed by atoms with van der Waals surface area (Å²) in [7, 11) is 0. The average molecular weight is 342 g/mol. The van der Waals surface area contributed by atoms with Crippen LogP contribution in [0.15, 0.2) is 30.2 Å². The Labute approximate surface area is 142 Å². The van der Waals surface area contributed by atoms with Crippen LogP contribution in [0.3, 0.4) is 0 Å². The van der Waals surface area contributed by atoms with E-state index in [4.69, 9.17) is 0 Å². The summed E-state index contributed by atoms with van der Waals surface area (Å²) in [6.07, 6.45) is 2.17. The molecule has 0 fully saturated rings. The maximum atomic E-state index is 14.2. The lowest BCUT2D eigenvalue weighted by Gasteiger charge is -2.10. The van der Waals surface area contributed by atoms with E-state index in [1.165, 1.54) is 6.92 Å². The van der Waals surface area contributed by atoms with Gasteiger partial charge in [-0.15, -0.1) is 0 Å². The number of carbonyl (C=O) groups is 1. The molecule has 0 saturated heterocycles. The molecule has 2 aromatic heterocycles. The van der Waals surface area contributed by atoms with Gasteiger partial charge in [0.2, 0.25) is 0 Å². The summed E-state index contributed by atoms with van der Waals surface area (Å²) in [6.45, 7) is 4.99. The Morgan fingerprint density at radius 1 is 1.28 bits per heavy atom. The van der Waals surface area contributed by atoms with E-state index in [0.717, 1.165) is 23.4 Å². The predicted molar refractivity (Wildman–Crippen MR) is 92.2 cm³/mol. The Balaban J connectivity index is 1.86. The second kappa shape index (κ2) is 6.43. The maximum Gasteiger partial charge on any atom is 0.284 e. The van der Waals surface area contributed by atoms with Gasteiger partial charge in [0.25, 0.3) is 5.91 Å². The number of aromatic nitrogens is 3. The number of hydrogen-bond donors (Lipinski definition) is 2. The van der Waals surface area contributed by atoms with Crippen molar-refractivity contribution in [3.8, 4) is 0 Å². The number of rotatable bonds is 3. The number of pyridine rings is 1. The fourth-order valence-corrected chi connectivity index (χ4v) is 2.53. The largest absolute Gasteiger partial charge is 0.318 e. The van der Waals surface area contributed by atoms with Crippen LogP contribution < -0.4 is 5.32 Å². The standard InChI is InChI=1S/C18H16F2N4O/c1-9-15(20)8-21-11(3)17(9)22-18(25)14(19)6-12-4-5-13-10(2)23-24-16(13)7-12/h4-8H,1-3H3,(H,22,25)(H,23,24)/b14-6-. The summed E-state index contributed by atoms with van der Waals surface area (Å²) in [4.78, 5) is 15.9. The molecule has 7 heteroatoms. The topological polar surface area (TPSA) is 70.7 Å². The van der Waals surface area contributed by atoms with Gasteiger partial charge in [0.05, 0.1) is 23.1 Å². The first-order chi connectivity index (χ1) is 11.9. The number of anilines is 1. The van der Waals surface area contributed by atoms with E-state index in [9.17, 15) is 13.6 Å². The van der Waals surface area contributed by atoms with E-state index >= 15 is 0 Å². The zero-order valence-electron chi connectivity index (χ0n) is 13.9. The number of hydrogen-bond acceptors (Lipinski definition) is 3. The van der Waals surface area contributed by atoms with Crippen LogP contribution in [0, 0.1) is 26.6 Å². The number of amides is 1. The van der Waals surface area contributed by atoms with Gasteiger partial charge in [0.15, 0.2) is 5.83 Å². The first kappa shape index (κ1) is 16.8. The molecule has 2 N–H and O–H groups in total. The van der Waals surface area contributed by atoms with Crippen LogP contribution in [0.4, 0.5) is 14.5 Å². The monoisotopic (exact) mass is 342 g/mol. The zero-order chi connectivity index (χ0) is 18.1. The van der Waals surface area contributed by atoms with Gasteiger partial charge < -0.3 is 5.32 Å². The van der Waals surface area contributed by atoms with E-state index in [0.29, 0.717) is 16.8 Å². The molecule has 25 heavy (non-hydrogen) atoms. The molecule has 2 heterocycles. The van der Waals surface area contributed by atoms with Crippen molar-refractivity contribution in [3.63, 3.8) is 0 Å². The summed E-state index contributed by atoms with van der Waals surface area (Å²) in [5.74, 6) is -2.52. The summed E-state index contributed by atoms with van der Waals surface area (Å²) >= 11 is 0. The van der Waals surface area contributed by atoms with Crippen molar-refractivity contribution in [2.45, 2.75) is 20.8 Å². The summed E-state index contributed by atoms with van der Waals surface area (Å²) in [5, 5.41) is 10.3. The average Bonchev–Trinajstić information content (AvgIpc) is 2.95. The smallest absolute Gasteiger partial charge is 0.284 e. The number of aryl methyl sites for hydroxylation is 2. The van der Waals surface area contributed by atoms with Crippen molar-refractivity contribution in [1.29, 1.82) is 0 Å². The lowest BCUT2D eigenvalue weighted by molar-refractivity contribution is -0.114. The van der Waals surface area contributed by atoms with Gasteiger partial charge in [0, 0.05) is 16.6 Å². The molecule has 5 nitrogen and oxygen atoms in total. The summed E-state index contributed by atoms with van der Waals surface area (Å²) in [5.41, 5.74) is 2.88. The molecule has 0 atom stereocenters. The van der Waals surface area contributed by atoms with Crippen molar-refractivity contribution >= 4 is 28.6 Å². The molecule has 0 aliphatic rings. The van der Waals surface area contributed by atoms with Gasteiger partial charge in [-0.2, -0.15) is 5.10 Å². The van der Waals surface area contributed by atoms with Gasteiger partial charge in [-0.3, -0.25) is 14.9 Å². The van der Waals surface area contributed by atoms with Gasteiger partial charge in [-0.05, 0) is 38.5 Å². The molecular weight excluding hydrogens is 326 g/mol. The second-order valence-electron chi connectivity index (χ2n) is 5.76. The minimum Gasteiger partial charge on any atom is -0.318 e. The molecule has 3 rings (SSSR count). The Bertz CT molecular complexity index is 1010. The highest BCUT2D eigenvalue weighted by molar-refractivity contribution is 6.05. The Kier molecular flexibility index (Phi) is 4.31. The summed E-state index contributed by atoms with van der Waals surface area (Å²) in [6, 6.07) is 5.17. The third-order valence-electron chi connectivity index (χ3n) is 3.99. The van der Waals surface area contributed by atoms with Crippen LogP contribution in [0.5, 0.6) is 0 Å². The van der Waals surface area contributed by atoms with Crippen LogP contribution in [0.25, 0.3) is 17.0 Å². The number of benzene rings is 1. The van der Waals surface area contributed by atoms with Crippen molar-refractivity contribution in [1.82, 2.24) is 15.2 Å². The fraction of sp³-hybridized carbons (Fsp3) is 0.167. The van der Waals surface area contributed by atoms with Crippen LogP contribution in [0.2, 0.25) is 0 Å². The molecule has 1 aromatic carbocycles. The first-order valence-electron chi connectivity index (χ1n) is 7.62. The zero-order valence-corrected chi connectivity index (χ0v) is 13.9. The number of aromatic amines is 1. The van der Waals surface area contributed by atoms with Crippen molar-refractivity contribution in [2.24, 2.45) is 0 Å². The summed E-state index contributed by atoms with van der Waals surface area (Å²) < 4.78 is 27.8. The lowest BCUT2D eigenvalue weighted by atomic mass is 10.1. The highest BCUT2D eigenvalue weighted by Crippen LogP contribution is 2.22. The maximum absolute atomic E-state index is 14.2. The third-order valence-corrected chi connectivity index (χ3v) is 3.99. The van der Waals surface area contributed by atoms with Crippen molar-refractivity contribution in [2.75, 3.05) is 5.32 Å². The Morgan fingerprint density at radius 2 is 2.04 bits per heavy atom. The first-order valence-corrected chi connectivity index (χ1v) is 7.62. The van der Waals surface area contributed by atoms with Crippen molar-refractivity contribution in [3.05, 3.63) is 58.6 Å². The van der Waals surface area contributed by atoms with Crippen molar-refractivity contribution < 1.29 is 13.6 Å². The highest BCUT2D eigenvalue weighted by atomic mass is 19.1. The molecule has 0 aliphatic carbocycles. The van der Waals surface area contributed by atoms with Gasteiger partial charge in [-0.25, -0.2) is 8.78 Å². The molecule has 0 spiro atoms. The number of carbonyl (C=O) groups excluding carboxylic acids is 1. The quantitative estimate of drug-likeness (QED) is 0.708. The Hall–Kier alpha value is -3.09. The molecule has 1 amide bonds. The van der Waals surface area contributed by atoms with E-state index in [1.807, 2.05) is 6.92 Å². The van der Waals surface area contributed by atoms with Gasteiger partial charge >= 0.3 is 0 Å². The fourth-order valence-electron chi connectivity index (χ4n) is 2.53. The van der Waals surface area contributed by atoms with Gasteiger partial charge in [0.1, 0.15) is 5.82 Å². The molecule has 128 valence electrons. The predicted octanol–water partition coefficient (Wildman–Crippen LogP) is 3.97. The molecule has 0 unspecified atom stereocenters. The number of nitrogens with zero attached hydrogens (tertiary/aromatic N) is 2. The lowest BCUT2D eigenvalue weighted by Crippen LogP contribution is -2.15. The number of nitrogens with one attached hydrogen (secondary N) is 2. The van der Waals surface area contributed by atoms with Crippen LogP contribution in [0.1, 0.15) is 22.5 Å². The van der Waals surface area contributed by atoms with Crippen LogP contribution >= 0.6 is 0 Å². The van der Waals surface area contributed by atoms with E-state index in [-0.39, 0.29) is 11.3 Å². The number of halogens is 2. The minimum atomic E-state index is -0.991. The second-order valence-corrected chi connectivity index (χ2v) is 5.76. The third kappa shape index (κ3) is 3.26. The van der Waals surface area contributed by atoms with Gasteiger partial charge in [-0.1, -0.05) is 12.1 Å². The molecule has 0 aliphatic heterocycles. The normalized spacial score (nSPS) is 11.8. The molecule has 0 radical (unpaired) electrons.